The smallest absolute Gasteiger partial charge is 0.232 e. The predicted molar refractivity (Wildman–Crippen MR) is 115 cm³/mol. The van der Waals surface area contributed by atoms with E-state index in [9.17, 15) is 5.26 Å². The van der Waals surface area contributed by atoms with E-state index in [2.05, 4.69) is 44.3 Å². The van der Waals surface area contributed by atoms with Crippen LogP contribution in [0.3, 0.4) is 0 Å². The molecule has 0 aliphatic rings. The summed E-state index contributed by atoms with van der Waals surface area (Å²) in [5, 5.41) is 13.9. The first-order chi connectivity index (χ1) is 14.2. The molecular formula is C22H19N7. The molecule has 2 aromatic carbocycles. The molecule has 2 aromatic heterocycles. The fourth-order valence-electron chi connectivity index (χ4n) is 3.17. The molecule has 4 rings (SSSR count). The van der Waals surface area contributed by atoms with Crippen molar-refractivity contribution in [3.05, 3.63) is 71.7 Å². The van der Waals surface area contributed by atoms with E-state index in [1.54, 1.807) is 6.08 Å². The average Bonchev–Trinajstić information content (AvgIpc) is 3.15. The zero-order chi connectivity index (χ0) is 20.2. The number of allylic oxidation sites excluding steroid dienone is 1. The van der Waals surface area contributed by atoms with Crippen LogP contribution in [-0.4, -0.2) is 19.9 Å². The van der Waals surface area contributed by atoms with Gasteiger partial charge in [-0.3, -0.25) is 0 Å². The maximum atomic E-state index is 9.73. The summed E-state index contributed by atoms with van der Waals surface area (Å²) in [6, 6.07) is 17.8. The molecule has 4 aromatic rings. The number of hydrogen-bond donors (Lipinski definition) is 3. The first kappa shape index (κ1) is 18.2. The Hall–Kier alpha value is -4.18. The van der Waals surface area contributed by atoms with Crippen LogP contribution in [0.5, 0.6) is 0 Å². The number of rotatable bonds is 5. The Morgan fingerprint density at radius 3 is 2.72 bits per heavy atom. The van der Waals surface area contributed by atoms with E-state index in [4.69, 9.17) is 5.73 Å². The number of para-hydroxylation sites is 2. The third-order valence-electron chi connectivity index (χ3n) is 4.56. The summed E-state index contributed by atoms with van der Waals surface area (Å²) in [4.78, 5) is 16.0. The van der Waals surface area contributed by atoms with Crippen molar-refractivity contribution in [2.24, 2.45) is 0 Å². The summed E-state index contributed by atoms with van der Waals surface area (Å²) in [7, 11) is 0. The van der Waals surface area contributed by atoms with Crippen LogP contribution in [0.1, 0.15) is 23.9 Å². The first-order valence-corrected chi connectivity index (χ1v) is 9.22. The number of nitrogen functional groups attached to an aromatic ring is 1. The molecule has 7 nitrogen and oxygen atoms in total. The molecule has 0 aliphatic carbocycles. The van der Waals surface area contributed by atoms with Crippen LogP contribution in [-0.2, 0) is 6.42 Å². The molecule has 0 saturated carbocycles. The average molecular weight is 381 g/mol. The van der Waals surface area contributed by atoms with Gasteiger partial charge in [0.1, 0.15) is 6.07 Å². The largest absolute Gasteiger partial charge is 0.368 e. The molecule has 7 heteroatoms. The minimum Gasteiger partial charge on any atom is -0.368 e. The molecule has 0 fully saturated rings. The molecule has 0 radical (unpaired) electrons. The van der Waals surface area contributed by atoms with Gasteiger partial charge in [-0.15, -0.1) is 0 Å². The molecule has 0 aliphatic heterocycles. The number of nitrogens with two attached hydrogens (primary N) is 1. The van der Waals surface area contributed by atoms with Crippen molar-refractivity contribution >= 4 is 40.1 Å². The van der Waals surface area contributed by atoms with Crippen LogP contribution in [0.2, 0.25) is 0 Å². The molecule has 0 unspecified atom stereocenters. The molecule has 29 heavy (non-hydrogen) atoms. The maximum Gasteiger partial charge on any atom is 0.232 e. The van der Waals surface area contributed by atoms with Gasteiger partial charge in [0.2, 0.25) is 11.9 Å². The lowest BCUT2D eigenvalue weighted by molar-refractivity contribution is 1.04. The van der Waals surface area contributed by atoms with Crippen molar-refractivity contribution in [1.29, 1.82) is 5.26 Å². The van der Waals surface area contributed by atoms with Gasteiger partial charge < -0.3 is 16.0 Å². The van der Waals surface area contributed by atoms with Gasteiger partial charge in [0.15, 0.2) is 5.82 Å². The SMILES string of the molecule is CCc1cccc2c(/C=C(\C#N)c3nc(N)nc(Nc4ccccc4)n3)c[nH]c12. The normalized spacial score (nSPS) is 11.4. The number of nitrogens with zero attached hydrogens (tertiary/aromatic N) is 4. The van der Waals surface area contributed by atoms with Gasteiger partial charge in [0.25, 0.3) is 0 Å². The van der Waals surface area contributed by atoms with Crippen LogP contribution >= 0.6 is 0 Å². The number of fused-ring (bicyclic) bond motifs is 1. The van der Waals surface area contributed by atoms with E-state index < -0.39 is 0 Å². The Kier molecular flexibility index (Phi) is 4.91. The van der Waals surface area contributed by atoms with Gasteiger partial charge >= 0.3 is 0 Å². The fourth-order valence-corrected chi connectivity index (χ4v) is 3.17. The number of anilines is 3. The molecule has 4 N–H and O–H groups in total. The molecule has 142 valence electrons. The lowest BCUT2D eigenvalue weighted by atomic mass is 10.1. The van der Waals surface area contributed by atoms with Crippen LogP contribution in [0.25, 0.3) is 22.6 Å². The van der Waals surface area contributed by atoms with E-state index >= 15 is 0 Å². The highest BCUT2D eigenvalue weighted by Gasteiger charge is 2.12. The second-order valence-corrected chi connectivity index (χ2v) is 6.44. The molecule has 0 spiro atoms. The number of aryl methyl sites for hydroxylation is 1. The Morgan fingerprint density at radius 1 is 1.14 bits per heavy atom. The zero-order valence-corrected chi connectivity index (χ0v) is 15.8. The Bertz CT molecular complexity index is 1230. The van der Waals surface area contributed by atoms with Crippen molar-refractivity contribution in [3.8, 4) is 6.07 Å². The minimum absolute atomic E-state index is 0.0433. The second kappa shape index (κ2) is 7.82. The highest BCUT2D eigenvalue weighted by Crippen LogP contribution is 2.26. The third-order valence-corrected chi connectivity index (χ3v) is 4.56. The van der Waals surface area contributed by atoms with Crippen molar-refractivity contribution in [1.82, 2.24) is 19.9 Å². The van der Waals surface area contributed by atoms with Gasteiger partial charge in [-0.25, -0.2) is 0 Å². The summed E-state index contributed by atoms with van der Waals surface area (Å²) >= 11 is 0. The number of benzene rings is 2. The molecule has 0 atom stereocenters. The topological polar surface area (TPSA) is 116 Å². The van der Waals surface area contributed by atoms with Gasteiger partial charge in [0.05, 0.1) is 5.57 Å². The van der Waals surface area contributed by atoms with Crippen molar-refractivity contribution in [3.63, 3.8) is 0 Å². The lowest BCUT2D eigenvalue weighted by Crippen LogP contribution is -2.06. The van der Waals surface area contributed by atoms with E-state index in [0.29, 0.717) is 5.57 Å². The monoisotopic (exact) mass is 381 g/mol. The summed E-state index contributed by atoms with van der Waals surface area (Å²) < 4.78 is 0. The number of H-pyrrole nitrogens is 1. The van der Waals surface area contributed by atoms with Crippen LogP contribution in [0.15, 0.2) is 54.7 Å². The predicted octanol–water partition coefficient (Wildman–Crippen LogP) is 4.31. The van der Waals surface area contributed by atoms with Gasteiger partial charge in [0, 0.05) is 28.4 Å². The highest BCUT2D eigenvalue weighted by atomic mass is 15.2. The Labute approximate surface area is 168 Å². The Balaban J connectivity index is 1.74. The summed E-state index contributed by atoms with van der Waals surface area (Å²) in [6.07, 6.45) is 4.57. The minimum atomic E-state index is 0.0433. The Morgan fingerprint density at radius 2 is 1.97 bits per heavy atom. The molecule has 0 saturated heterocycles. The molecular weight excluding hydrogens is 362 g/mol. The van der Waals surface area contributed by atoms with Crippen molar-refractivity contribution in [2.45, 2.75) is 13.3 Å². The maximum absolute atomic E-state index is 9.73. The fraction of sp³-hybridized carbons (Fsp3) is 0.0909. The van der Waals surface area contributed by atoms with Crippen LogP contribution < -0.4 is 11.1 Å². The van der Waals surface area contributed by atoms with E-state index in [1.165, 1.54) is 5.56 Å². The summed E-state index contributed by atoms with van der Waals surface area (Å²) in [6.45, 7) is 2.11. The lowest BCUT2D eigenvalue weighted by Gasteiger charge is -2.06. The number of aromatic amines is 1. The van der Waals surface area contributed by atoms with Gasteiger partial charge in [-0.2, -0.15) is 20.2 Å². The first-order valence-electron chi connectivity index (χ1n) is 9.22. The molecule has 0 amide bonds. The van der Waals surface area contributed by atoms with E-state index in [1.807, 2.05) is 48.7 Å². The highest BCUT2D eigenvalue weighted by molar-refractivity contribution is 5.97. The summed E-state index contributed by atoms with van der Waals surface area (Å²) in [5.74, 6) is 0.549. The van der Waals surface area contributed by atoms with Crippen molar-refractivity contribution < 1.29 is 0 Å². The molecule has 0 bridgehead atoms. The van der Waals surface area contributed by atoms with Crippen LogP contribution in [0.4, 0.5) is 17.6 Å². The van der Waals surface area contributed by atoms with E-state index in [-0.39, 0.29) is 17.7 Å². The second-order valence-electron chi connectivity index (χ2n) is 6.44. The van der Waals surface area contributed by atoms with Crippen molar-refractivity contribution in [2.75, 3.05) is 11.1 Å². The third kappa shape index (κ3) is 3.77. The van der Waals surface area contributed by atoms with Gasteiger partial charge in [-0.1, -0.05) is 43.3 Å². The van der Waals surface area contributed by atoms with Gasteiger partial charge in [-0.05, 0) is 30.2 Å². The molecule has 2 heterocycles. The van der Waals surface area contributed by atoms with Crippen LogP contribution in [0, 0.1) is 11.3 Å². The number of nitriles is 1. The number of nitrogens with one attached hydrogen (secondary N) is 2. The number of hydrogen-bond acceptors (Lipinski definition) is 6. The quantitative estimate of drug-likeness (QED) is 0.444. The number of aromatic nitrogens is 4. The standard InChI is InChI=1S/C22H19N7/c1-2-14-7-6-10-18-16(13-25-19(14)18)11-15(12-23)20-27-21(24)29-22(28-20)26-17-8-4-3-5-9-17/h3-11,13,25H,2H2,1H3,(H3,24,26,27,28,29)/b15-11+. The van der Waals surface area contributed by atoms with E-state index in [0.717, 1.165) is 28.6 Å². The zero-order valence-electron chi connectivity index (χ0n) is 15.8. The summed E-state index contributed by atoms with van der Waals surface area (Å²) in [5.41, 5.74) is 10.2.